The van der Waals surface area contributed by atoms with Crippen LogP contribution in [0.3, 0.4) is 0 Å². The molecule has 0 unspecified atom stereocenters. The van der Waals surface area contributed by atoms with E-state index >= 15 is 0 Å². The van der Waals surface area contributed by atoms with E-state index in [1.807, 2.05) is 0 Å². The standard InChI is InChI=1S/C32H30O/c1-2-3-4-12-21-33-31-18-11-10-17-29(31)32-28(24-13-6-5-7-14-24)20-19-27-22-25-15-8-9-16-26(25)23-30(27)32/h5-11,13-20,22-23H,2-4,12,21H2,1H3. The first-order valence-electron chi connectivity index (χ1n) is 12.1. The summed E-state index contributed by atoms with van der Waals surface area (Å²) in [6.07, 6.45) is 4.81. The van der Waals surface area contributed by atoms with Crippen LogP contribution < -0.4 is 4.74 Å². The Hall–Kier alpha value is -3.58. The minimum atomic E-state index is 0.755. The van der Waals surface area contributed by atoms with E-state index in [2.05, 4.69) is 110 Å². The lowest BCUT2D eigenvalue weighted by atomic mass is 9.88. The van der Waals surface area contributed by atoms with Gasteiger partial charge >= 0.3 is 0 Å². The first-order valence-corrected chi connectivity index (χ1v) is 12.1. The smallest absolute Gasteiger partial charge is 0.127 e. The van der Waals surface area contributed by atoms with Crippen LogP contribution >= 0.6 is 0 Å². The molecule has 0 radical (unpaired) electrons. The SMILES string of the molecule is CCCCCCOc1ccccc1-c1c(-c2ccccc2)ccc2cc3ccccc3cc12. The van der Waals surface area contributed by atoms with Gasteiger partial charge in [-0.15, -0.1) is 0 Å². The van der Waals surface area contributed by atoms with Gasteiger partial charge in [-0.3, -0.25) is 0 Å². The lowest BCUT2D eigenvalue weighted by Gasteiger charge is -2.18. The van der Waals surface area contributed by atoms with E-state index in [9.17, 15) is 0 Å². The quantitative estimate of drug-likeness (QED) is 0.176. The molecular weight excluding hydrogens is 400 g/mol. The highest BCUT2D eigenvalue weighted by Gasteiger charge is 2.16. The number of hydrogen-bond acceptors (Lipinski definition) is 1. The molecule has 0 bridgehead atoms. The number of rotatable bonds is 8. The third-order valence-electron chi connectivity index (χ3n) is 6.38. The predicted octanol–water partition coefficient (Wildman–Crippen LogP) is 9.29. The Kier molecular flexibility index (Phi) is 6.39. The molecule has 0 aliphatic rings. The second-order valence-corrected chi connectivity index (χ2v) is 8.68. The van der Waals surface area contributed by atoms with Gasteiger partial charge in [-0.05, 0) is 57.3 Å². The molecule has 0 fully saturated rings. The van der Waals surface area contributed by atoms with Crippen molar-refractivity contribution in [2.75, 3.05) is 6.61 Å². The first kappa shape index (κ1) is 21.3. The molecule has 0 aliphatic heterocycles. The van der Waals surface area contributed by atoms with Crippen molar-refractivity contribution in [2.45, 2.75) is 32.6 Å². The average molecular weight is 431 g/mol. The van der Waals surface area contributed by atoms with Crippen LogP contribution in [0.1, 0.15) is 32.6 Å². The lowest BCUT2D eigenvalue weighted by molar-refractivity contribution is 0.306. The summed E-state index contributed by atoms with van der Waals surface area (Å²) >= 11 is 0. The molecule has 0 heterocycles. The maximum absolute atomic E-state index is 6.37. The highest BCUT2D eigenvalue weighted by molar-refractivity contribution is 6.10. The maximum atomic E-state index is 6.37. The fraction of sp³-hybridized carbons (Fsp3) is 0.188. The van der Waals surface area contributed by atoms with E-state index in [1.165, 1.54) is 57.5 Å². The summed E-state index contributed by atoms with van der Waals surface area (Å²) in [4.78, 5) is 0. The summed E-state index contributed by atoms with van der Waals surface area (Å²) in [6, 6.07) is 37.0. The van der Waals surface area contributed by atoms with Crippen LogP contribution in [0.2, 0.25) is 0 Å². The Bertz CT molecular complexity index is 1370. The molecule has 164 valence electrons. The summed E-state index contributed by atoms with van der Waals surface area (Å²) in [6.45, 7) is 3.00. The van der Waals surface area contributed by atoms with E-state index in [0.717, 1.165) is 24.3 Å². The van der Waals surface area contributed by atoms with Crippen molar-refractivity contribution < 1.29 is 4.74 Å². The van der Waals surface area contributed by atoms with Gasteiger partial charge in [0, 0.05) is 11.1 Å². The van der Waals surface area contributed by atoms with Crippen molar-refractivity contribution in [2.24, 2.45) is 0 Å². The van der Waals surface area contributed by atoms with E-state index < -0.39 is 0 Å². The van der Waals surface area contributed by atoms with Gasteiger partial charge in [0.2, 0.25) is 0 Å². The molecule has 0 aliphatic carbocycles. The number of benzene rings is 5. The van der Waals surface area contributed by atoms with Crippen LogP contribution in [0.5, 0.6) is 5.75 Å². The summed E-state index contributed by atoms with van der Waals surface area (Å²) in [5.41, 5.74) is 4.86. The highest BCUT2D eigenvalue weighted by atomic mass is 16.5. The zero-order chi connectivity index (χ0) is 22.5. The molecule has 5 aromatic rings. The zero-order valence-electron chi connectivity index (χ0n) is 19.3. The fourth-order valence-electron chi connectivity index (χ4n) is 4.67. The van der Waals surface area contributed by atoms with Gasteiger partial charge < -0.3 is 4.74 Å². The molecule has 0 saturated carbocycles. The monoisotopic (exact) mass is 430 g/mol. The summed E-state index contributed by atoms with van der Waals surface area (Å²) < 4.78 is 6.37. The first-order chi connectivity index (χ1) is 16.3. The van der Waals surface area contributed by atoms with Crippen molar-refractivity contribution in [3.63, 3.8) is 0 Å². The van der Waals surface area contributed by atoms with Gasteiger partial charge in [-0.25, -0.2) is 0 Å². The largest absolute Gasteiger partial charge is 0.493 e. The second kappa shape index (κ2) is 9.92. The van der Waals surface area contributed by atoms with Gasteiger partial charge in [0.1, 0.15) is 5.75 Å². The van der Waals surface area contributed by atoms with Crippen LogP contribution in [-0.2, 0) is 0 Å². The molecule has 0 atom stereocenters. The molecular formula is C32H30O. The minimum Gasteiger partial charge on any atom is -0.493 e. The van der Waals surface area contributed by atoms with Crippen LogP contribution in [-0.4, -0.2) is 6.61 Å². The van der Waals surface area contributed by atoms with Crippen molar-refractivity contribution in [1.29, 1.82) is 0 Å². The van der Waals surface area contributed by atoms with E-state index in [4.69, 9.17) is 4.74 Å². The van der Waals surface area contributed by atoms with Crippen LogP contribution in [0.15, 0.2) is 103 Å². The van der Waals surface area contributed by atoms with Crippen LogP contribution in [0, 0.1) is 0 Å². The Morgan fingerprint density at radius 3 is 2.12 bits per heavy atom. The van der Waals surface area contributed by atoms with Gasteiger partial charge in [0.25, 0.3) is 0 Å². The average Bonchev–Trinajstić information content (AvgIpc) is 2.87. The predicted molar refractivity (Wildman–Crippen MR) is 142 cm³/mol. The van der Waals surface area contributed by atoms with Crippen molar-refractivity contribution in [1.82, 2.24) is 0 Å². The van der Waals surface area contributed by atoms with Gasteiger partial charge in [0.05, 0.1) is 6.61 Å². The zero-order valence-corrected chi connectivity index (χ0v) is 19.3. The van der Waals surface area contributed by atoms with Crippen molar-refractivity contribution >= 4 is 21.5 Å². The molecule has 33 heavy (non-hydrogen) atoms. The van der Waals surface area contributed by atoms with Crippen LogP contribution in [0.25, 0.3) is 43.8 Å². The van der Waals surface area contributed by atoms with E-state index in [1.54, 1.807) is 0 Å². The summed E-state index contributed by atoms with van der Waals surface area (Å²) in [5, 5.41) is 5.04. The van der Waals surface area contributed by atoms with Gasteiger partial charge in [-0.1, -0.05) is 111 Å². The Balaban J connectivity index is 1.70. The molecule has 0 N–H and O–H groups in total. The Morgan fingerprint density at radius 1 is 0.576 bits per heavy atom. The third-order valence-corrected chi connectivity index (χ3v) is 6.38. The maximum Gasteiger partial charge on any atom is 0.127 e. The van der Waals surface area contributed by atoms with Gasteiger partial charge in [-0.2, -0.15) is 0 Å². The molecule has 0 aromatic heterocycles. The number of hydrogen-bond donors (Lipinski definition) is 0. The number of para-hydroxylation sites is 1. The molecule has 0 saturated heterocycles. The molecule has 1 heteroatoms. The summed E-state index contributed by atoms with van der Waals surface area (Å²) in [5.74, 6) is 0.965. The highest BCUT2D eigenvalue weighted by Crippen LogP contribution is 2.43. The molecule has 0 amide bonds. The molecule has 5 rings (SSSR count). The molecule has 5 aromatic carbocycles. The summed E-state index contributed by atoms with van der Waals surface area (Å²) in [7, 11) is 0. The Labute approximate surface area is 196 Å². The fourth-order valence-corrected chi connectivity index (χ4v) is 4.67. The number of ether oxygens (including phenoxy) is 1. The molecule has 0 spiro atoms. The number of fused-ring (bicyclic) bond motifs is 2. The topological polar surface area (TPSA) is 9.23 Å². The van der Waals surface area contributed by atoms with Crippen molar-refractivity contribution in [3.8, 4) is 28.0 Å². The third kappa shape index (κ3) is 4.50. The lowest BCUT2D eigenvalue weighted by Crippen LogP contribution is -1.99. The number of unbranched alkanes of at least 4 members (excludes halogenated alkanes) is 3. The Morgan fingerprint density at radius 2 is 1.30 bits per heavy atom. The molecule has 1 nitrogen and oxygen atoms in total. The van der Waals surface area contributed by atoms with E-state index in [0.29, 0.717) is 0 Å². The van der Waals surface area contributed by atoms with Gasteiger partial charge in [0.15, 0.2) is 0 Å². The van der Waals surface area contributed by atoms with E-state index in [-0.39, 0.29) is 0 Å². The van der Waals surface area contributed by atoms with Crippen LogP contribution in [0.4, 0.5) is 0 Å². The second-order valence-electron chi connectivity index (χ2n) is 8.68. The van der Waals surface area contributed by atoms with Crippen molar-refractivity contribution in [3.05, 3.63) is 103 Å². The normalized spacial score (nSPS) is 11.2. The minimum absolute atomic E-state index is 0.755.